The van der Waals surface area contributed by atoms with Gasteiger partial charge in [-0.05, 0) is 22.3 Å². The number of alkyl halides is 1. The zero-order valence-corrected chi connectivity index (χ0v) is 10.3. The van der Waals surface area contributed by atoms with Crippen molar-refractivity contribution in [1.82, 2.24) is 0 Å². The first-order valence-corrected chi connectivity index (χ1v) is 6.28. The van der Waals surface area contributed by atoms with E-state index in [1.165, 1.54) is 22.3 Å². The van der Waals surface area contributed by atoms with E-state index in [2.05, 4.69) is 76.6 Å². The summed E-state index contributed by atoms with van der Waals surface area (Å²) in [6.45, 7) is 0. The van der Waals surface area contributed by atoms with Crippen LogP contribution in [0.4, 0.5) is 0 Å². The van der Waals surface area contributed by atoms with Crippen molar-refractivity contribution in [2.75, 3.05) is 0 Å². The van der Waals surface area contributed by atoms with E-state index >= 15 is 0 Å². The number of allylic oxidation sites excluding steroid dienone is 2. The van der Waals surface area contributed by atoms with Crippen LogP contribution in [0.2, 0.25) is 0 Å². The molecule has 0 radical (unpaired) electrons. The zero-order chi connectivity index (χ0) is 11.0. The minimum absolute atomic E-state index is 0.428. The largest absolute Gasteiger partial charge is 0.0786 e. The summed E-state index contributed by atoms with van der Waals surface area (Å²) in [4.78, 5) is 0.428. The van der Waals surface area contributed by atoms with Gasteiger partial charge in [0.15, 0.2) is 0 Å². The van der Waals surface area contributed by atoms with Gasteiger partial charge in [0, 0.05) is 0 Å². The lowest BCUT2D eigenvalue weighted by Gasteiger charge is -1.91. The average Bonchev–Trinajstić information content (AvgIpc) is 3.03. The van der Waals surface area contributed by atoms with Gasteiger partial charge >= 0.3 is 0 Å². The lowest BCUT2D eigenvalue weighted by Crippen LogP contribution is -1.77. The lowest BCUT2D eigenvalue weighted by molar-refractivity contribution is 1.59. The Balaban J connectivity index is 2.02. The standard InChI is InChI=1S/C15H11Br/c16-15-13(11-7-3-1-4-8-11)14(15)12-9-5-2-6-10-12/h1-10,15H. The highest BCUT2D eigenvalue weighted by atomic mass is 79.9. The predicted octanol–water partition coefficient (Wildman–Crippen LogP) is 4.37. The van der Waals surface area contributed by atoms with Crippen LogP contribution < -0.4 is 0 Å². The highest BCUT2D eigenvalue weighted by molar-refractivity contribution is 9.10. The van der Waals surface area contributed by atoms with E-state index in [9.17, 15) is 0 Å². The second-order valence-electron chi connectivity index (χ2n) is 3.92. The zero-order valence-electron chi connectivity index (χ0n) is 8.73. The first-order valence-electron chi connectivity index (χ1n) is 5.37. The molecule has 0 N–H and O–H groups in total. The molecule has 0 nitrogen and oxygen atoms in total. The number of halogens is 1. The number of rotatable bonds is 2. The maximum Gasteiger partial charge on any atom is 0.0663 e. The summed E-state index contributed by atoms with van der Waals surface area (Å²) in [6, 6.07) is 21.1. The SMILES string of the molecule is BrC1C(c2ccccc2)=C1c1ccccc1. The molecule has 0 spiro atoms. The van der Waals surface area contributed by atoms with E-state index in [1.54, 1.807) is 0 Å². The van der Waals surface area contributed by atoms with Gasteiger partial charge < -0.3 is 0 Å². The van der Waals surface area contributed by atoms with Crippen LogP contribution in [-0.2, 0) is 0 Å². The third-order valence-electron chi connectivity index (χ3n) is 2.88. The molecule has 1 aliphatic rings. The summed E-state index contributed by atoms with van der Waals surface area (Å²) in [5.74, 6) is 0. The molecule has 78 valence electrons. The van der Waals surface area contributed by atoms with Gasteiger partial charge in [0.05, 0.1) is 4.83 Å². The molecule has 0 atom stereocenters. The Morgan fingerprint density at radius 2 is 1.00 bits per heavy atom. The summed E-state index contributed by atoms with van der Waals surface area (Å²) in [6.07, 6.45) is 0. The molecule has 2 aromatic rings. The second-order valence-corrected chi connectivity index (χ2v) is 4.84. The first kappa shape index (κ1) is 9.86. The van der Waals surface area contributed by atoms with E-state index < -0.39 is 0 Å². The highest BCUT2D eigenvalue weighted by Crippen LogP contribution is 2.51. The summed E-state index contributed by atoms with van der Waals surface area (Å²) in [7, 11) is 0. The van der Waals surface area contributed by atoms with Crippen LogP contribution in [0.15, 0.2) is 60.7 Å². The molecule has 0 unspecified atom stereocenters. The van der Waals surface area contributed by atoms with E-state index in [-0.39, 0.29) is 0 Å². The van der Waals surface area contributed by atoms with Crippen LogP contribution in [0.3, 0.4) is 0 Å². The van der Waals surface area contributed by atoms with Gasteiger partial charge in [-0.25, -0.2) is 0 Å². The van der Waals surface area contributed by atoms with Crippen molar-refractivity contribution >= 4 is 27.1 Å². The second kappa shape index (κ2) is 3.91. The quantitative estimate of drug-likeness (QED) is 0.711. The molecule has 0 aromatic heterocycles. The monoisotopic (exact) mass is 270 g/mol. The summed E-state index contributed by atoms with van der Waals surface area (Å²) in [5, 5.41) is 0. The molecule has 1 aliphatic carbocycles. The third-order valence-corrected chi connectivity index (χ3v) is 3.80. The van der Waals surface area contributed by atoms with Crippen molar-refractivity contribution in [2.24, 2.45) is 0 Å². The van der Waals surface area contributed by atoms with E-state index in [0.29, 0.717) is 4.83 Å². The molecule has 1 heteroatoms. The number of hydrogen-bond acceptors (Lipinski definition) is 0. The summed E-state index contributed by atoms with van der Waals surface area (Å²) < 4.78 is 0. The van der Waals surface area contributed by atoms with Crippen molar-refractivity contribution < 1.29 is 0 Å². The Bertz CT molecular complexity index is 476. The Kier molecular flexibility index (Phi) is 2.41. The van der Waals surface area contributed by atoms with Crippen LogP contribution in [0.25, 0.3) is 11.1 Å². The Hall–Kier alpha value is -1.34. The summed E-state index contributed by atoms with van der Waals surface area (Å²) >= 11 is 3.71. The predicted molar refractivity (Wildman–Crippen MR) is 72.4 cm³/mol. The van der Waals surface area contributed by atoms with Crippen LogP contribution in [0.1, 0.15) is 11.1 Å². The van der Waals surface area contributed by atoms with Gasteiger partial charge in [-0.2, -0.15) is 0 Å². The molecule has 2 aromatic carbocycles. The van der Waals surface area contributed by atoms with Crippen LogP contribution >= 0.6 is 15.9 Å². The third kappa shape index (κ3) is 1.61. The molecule has 0 fully saturated rings. The van der Waals surface area contributed by atoms with Crippen molar-refractivity contribution in [2.45, 2.75) is 4.83 Å². The van der Waals surface area contributed by atoms with E-state index in [0.717, 1.165) is 0 Å². The van der Waals surface area contributed by atoms with Crippen molar-refractivity contribution in [3.63, 3.8) is 0 Å². The van der Waals surface area contributed by atoms with Gasteiger partial charge in [0.25, 0.3) is 0 Å². The van der Waals surface area contributed by atoms with E-state index in [4.69, 9.17) is 0 Å². The molecule has 0 aliphatic heterocycles. The van der Waals surface area contributed by atoms with E-state index in [1.807, 2.05) is 0 Å². The van der Waals surface area contributed by atoms with Gasteiger partial charge in [0.1, 0.15) is 0 Å². The van der Waals surface area contributed by atoms with Gasteiger partial charge in [-0.15, -0.1) is 0 Å². The maximum absolute atomic E-state index is 3.71. The Morgan fingerprint density at radius 3 is 1.38 bits per heavy atom. The normalized spacial score (nSPS) is 15.3. The molecule has 0 heterocycles. The van der Waals surface area contributed by atoms with Crippen molar-refractivity contribution in [3.8, 4) is 0 Å². The fourth-order valence-corrected chi connectivity index (χ4v) is 2.92. The smallest absolute Gasteiger partial charge is 0.0663 e. The van der Waals surface area contributed by atoms with Crippen LogP contribution in [-0.4, -0.2) is 4.83 Å². The van der Waals surface area contributed by atoms with Crippen LogP contribution in [0.5, 0.6) is 0 Å². The van der Waals surface area contributed by atoms with Gasteiger partial charge in [0.2, 0.25) is 0 Å². The number of hydrogen-bond donors (Lipinski definition) is 0. The fourth-order valence-electron chi connectivity index (χ4n) is 2.03. The van der Waals surface area contributed by atoms with Gasteiger partial charge in [-0.1, -0.05) is 76.6 Å². The maximum atomic E-state index is 3.71. The molecular weight excluding hydrogens is 260 g/mol. The molecule has 16 heavy (non-hydrogen) atoms. The van der Waals surface area contributed by atoms with Gasteiger partial charge in [-0.3, -0.25) is 0 Å². The minimum Gasteiger partial charge on any atom is -0.0786 e. The topological polar surface area (TPSA) is 0 Å². The molecule has 0 saturated heterocycles. The van der Waals surface area contributed by atoms with Crippen molar-refractivity contribution in [3.05, 3.63) is 71.8 Å². The lowest BCUT2D eigenvalue weighted by atomic mass is 10.1. The Morgan fingerprint density at radius 1 is 0.625 bits per heavy atom. The molecular formula is C15H11Br. The van der Waals surface area contributed by atoms with Crippen LogP contribution in [0, 0.1) is 0 Å². The molecule has 0 amide bonds. The first-order chi connectivity index (χ1) is 7.88. The molecule has 3 rings (SSSR count). The summed E-state index contributed by atoms with van der Waals surface area (Å²) in [5.41, 5.74) is 5.49. The van der Waals surface area contributed by atoms with Crippen molar-refractivity contribution in [1.29, 1.82) is 0 Å². The Labute approximate surface area is 104 Å². The molecule has 0 saturated carbocycles. The molecule has 0 bridgehead atoms. The average molecular weight is 271 g/mol. The minimum atomic E-state index is 0.428. The fraction of sp³-hybridized carbons (Fsp3) is 0.0667. The number of benzene rings is 2. The highest BCUT2D eigenvalue weighted by Gasteiger charge is 2.35.